The standard InChI is InChI=1S/C4H8F2S/c1-2-4(5,6)3-7/h7H,2-3H2,1H3. The number of halogens is 2. The van der Waals surface area contributed by atoms with Gasteiger partial charge < -0.3 is 0 Å². The van der Waals surface area contributed by atoms with Crippen LogP contribution in [0.5, 0.6) is 0 Å². The van der Waals surface area contributed by atoms with Crippen molar-refractivity contribution in [3.63, 3.8) is 0 Å². The van der Waals surface area contributed by atoms with Gasteiger partial charge in [0.25, 0.3) is 5.92 Å². The van der Waals surface area contributed by atoms with Crippen LogP contribution in [0.3, 0.4) is 0 Å². The molecule has 3 heteroatoms. The monoisotopic (exact) mass is 126 g/mol. The Bertz CT molecular complexity index is 47.7. The Morgan fingerprint density at radius 2 is 2.00 bits per heavy atom. The Morgan fingerprint density at radius 3 is 2.00 bits per heavy atom. The van der Waals surface area contributed by atoms with E-state index >= 15 is 0 Å². The van der Waals surface area contributed by atoms with Crippen molar-refractivity contribution in [2.45, 2.75) is 19.3 Å². The van der Waals surface area contributed by atoms with Crippen LogP contribution in [0.15, 0.2) is 0 Å². The van der Waals surface area contributed by atoms with Gasteiger partial charge in [0.1, 0.15) is 0 Å². The minimum Gasteiger partial charge on any atom is -0.206 e. The van der Waals surface area contributed by atoms with Crippen LogP contribution in [0, 0.1) is 0 Å². The van der Waals surface area contributed by atoms with Gasteiger partial charge in [0.05, 0.1) is 5.75 Å². The van der Waals surface area contributed by atoms with E-state index in [-0.39, 0.29) is 12.2 Å². The quantitative estimate of drug-likeness (QED) is 0.537. The molecule has 0 atom stereocenters. The molecule has 0 aromatic carbocycles. The fourth-order valence-corrected chi connectivity index (χ4v) is 0.335. The lowest BCUT2D eigenvalue weighted by molar-refractivity contribution is 0.0239. The van der Waals surface area contributed by atoms with Crippen molar-refractivity contribution in [1.82, 2.24) is 0 Å². The van der Waals surface area contributed by atoms with Crippen molar-refractivity contribution >= 4 is 12.6 Å². The second-order valence-corrected chi connectivity index (χ2v) is 1.68. The van der Waals surface area contributed by atoms with Crippen LogP contribution < -0.4 is 0 Å². The first-order valence-electron chi connectivity index (χ1n) is 2.11. The highest BCUT2D eigenvalue weighted by atomic mass is 32.1. The van der Waals surface area contributed by atoms with Crippen LogP contribution in [0.4, 0.5) is 8.78 Å². The first-order valence-corrected chi connectivity index (χ1v) is 2.74. The molecule has 0 nitrogen and oxygen atoms in total. The highest BCUT2D eigenvalue weighted by molar-refractivity contribution is 7.80. The molecule has 0 aliphatic heterocycles. The van der Waals surface area contributed by atoms with E-state index in [0.29, 0.717) is 0 Å². The lowest BCUT2D eigenvalue weighted by Crippen LogP contribution is -2.15. The van der Waals surface area contributed by atoms with E-state index in [2.05, 4.69) is 12.6 Å². The SMILES string of the molecule is CCC(F)(F)CS. The fourth-order valence-electron chi connectivity index (χ4n) is 0.112. The van der Waals surface area contributed by atoms with Gasteiger partial charge in [-0.15, -0.1) is 0 Å². The van der Waals surface area contributed by atoms with Gasteiger partial charge in [-0.3, -0.25) is 0 Å². The lowest BCUT2D eigenvalue weighted by Gasteiger charge is -2.07. The molecule has 7 heavy (non-hydrogen) atoms. The minimum atomic E-state index is -2.55. The molecular formula is C4H8F2S. The summed E-state index contributed by atoms with van der Waals surface area (Å²) in [5.74, 6) is -2.90. The normalized spacial score (nSPS) is 12.0. The zero-order valence-corrected chi connectivity index (χ0v) is 5.01. The molecule has 0 aromatic heterocycles. The molecule has 0 rings (SSSR count). The molecule has 0 saturated heterocycles. The molecule has 0 saturated carbocycles. The average molecular weight is 126 g/mol. The summed E-state index contributed by atoms with van der Waals surface area (Å²) in [5.41, 5.74) is 0. The number of alkyl halides is 2. The Morgan fingerprint density at radius 1 is 1.57 bits per heavy atom. The number of hydrogen-bond donors (Lipinski definition) is 1. The third kappa shape index (κ3) is 2.85. The average Bonchev–Trinajstić information content (AvgIpc) is 1.68. The smallest absolute Gasteiger partial charge is 0.206 e. The van der Waals surface area contributed by atoms with Crippen molar-refractivity contribution in [3.8, 4) is 0 Å². The maximum atomic E-state index is 11.8. The first-order chi connectivity index (χ1) is 3.12. The molecule has 0 fully saturated rings. The number of rotatable bonds is 2. The number of hydrogen-bond acceptors (Lipinski definition) is 1. The van der Waals surface area contributed by atoms with E-state index in [9.17, 15) is 8.78 Å². The Balaban J connectivity index is 3.36. The summed E-state index contributed by atoms with van der Waals surface area (Å²) in [4.78, 5) is 0. The van der Waals surface area contributed by atoms with E-state index in [1.165, 1.54) is 6.92 Å². The van der Waals surface area contributed by atoms with Gasteiger partial charge in [0.15, 0.2) is 0 Å². The summed E-state index contributed by atoms with van der Waals surface area (Å²) >= 11 is 3.43. The third-order valence-electron chi connectivity index (χ3n) is 0.749. The first kappa shape index (κ1) is 7.21. The zero-order chi connectivity index (χ0) is 5.91. The molecule has 0 radical (unpaired) electrons. The molecule has 0 unspecified atom stereocenters. The Kier molecular flexibility index (Phi) is 2.58. The van der Waals surface area contributed by atoms with Crippen LogP contribution in [0.25, 0.3) is 0 Å². The van der Waals surface area contributed by atoms with Gasteiger partial charge in [0, 0.05) is 6.42 Å². The van der Waals surface area contributed by atoms with Crippen molar-refractivity contribution in [1.29, 1.82) is 0 Å². The number of thiol groups is 1. The molecule has 0 aliphatic carbocycles. The summed E-state index contributed by atoms with van der Waals surface area (Å²) < 4.78 is 23.6. The van der Waals surface area contributed by atoms with Crippen molar-refractivity contribution < 1.29 is 8.78 Å². The largest absolute Gasteiger partial charge is 0.256 e. The van der Waals surface area contributed by atoms with Crippen LogP contribution in [-0.2, 0) is 0 Å². The van der Waals surface area contributed by atoms with Crippen LogP contribution in [-0.4, -0.2) is 11.7 Å². The Labute approximate surface area is 47.3 Å². The molecule has 0 aromatic rings. The van der Waals surface area contributed by atoms with Gasteiger partial charge in [-0.2, -0.15) is 12.6 Å². The maximum absolute atomic E-state index is 11.8. The van der Waals surface area contributed by atoms with E-state index in [4.69, 9.17) is 0 Å². The van der Waals surface area contributed by atoms with E-state index in [1.807, 2.05) is 0 Å². The van der Waals surface area contributed by atoms with E-state index < -0.39 is 5.92 Å². The second-order valence-electron chi connectivity index (χ2n) is 1.37. The minimum absolute atomic E-state index is 0.115. The molecule has 0 aliphatic rings. The van der Waals surface area contributed by atoms with Crippen LogP contribution in [0.2, 0.25) is 0 Å². The molecule has 0 bridgehead atoms. The van der Waals surface area contributed by atoms with Crippen molar-refractivity contribution in [2.24, 2.45) is 0 Å². The summed E-state index contributed by atoms with van der Waals surface area (Å²) in [6.45, 7) is 1.44. The predicted molar refractivity (Wildman–Crippen MR) is 29.1 cm³/mol. The summed E-state index contributed by atoms with van der Waals surface area (Å²) in [7, 11) is 0. The van der Waals surface area contributed by atoms with Crippen LogP contribution >= 0.6 is 12.6 Å². The second kappa shape index (κ2) is 2.50. The highest BCUT2D eigenvalue weighted by Gasteiger charge is 2.22. The zero-order valence-electron chi connectivity index (χ0n) is 4.12. The van der Waals surface area contributed by atoms with Crippen molar-refractivity contribution in [3.05, 3.63) is 0 Å². The molecule has 44 valence electrons. The van der Waals surface area contributed by atoms with Gasteiger partial charge in [-0.1, -0.05) is 6.92 Å². The molecule has 0 amide bonds. The fraction of sp³-hybridized carbons (Fsp3) is 1.00. The van der Waals surface area contributed by atoms with Crippen LogP contribution in [0.1, 0.15) is 13.3 Å². The summed E-state index contributed by atoms with van der Waals surface area (Å²) in [6.07, 6.45) is -0.115. The molecule has 0 spiro atoms. The topological polar surface area (TPSA) is 0 Å². The lowest BCUT2D eigenvalue weighted by atomic mass is 10.3. The van der Waals surface area contributed by atoms with Gasteiger partial charge >= 0.3 is 0 Å². The van der Waals surface area contributed by atoms with Gasteiger partial charge in [-0.05, 0) is 0 Å². The summed E-state index contributed by atoms with van der Waals surface area (Å²) in [5, 5.41) is 0. The predicted octanol–water partition coefficient (Wildman–Crippen LogP) is 1.96. The Hall–Kier alpha value is 0.210. The third-order valence-corrected chi connectivity index (χ3v) is 1.21. The van der Waals surface area contributed by atoms with E-state index in [0.717, 1.165) is 0 Å². The maximum Gasteiger partial charge on any atom is 0.256 e. The molecule has 0 N–H and O–H groups in total. The molecule has 0 heterocycles. The highest BCUT2D eigenvalue weighted by Crippen LogP contribution is 2.17. The van der Waals surface area contributed by atoms with E-state index in [1.54, 1.807) is 0 Å². The molecular weight excluding hydrogens is 118 g/mol. The van der Waals surface area contributed by atoms with Gasteiger partial charge in [0.2, 0.25) is 0 Å². The summed E-state index contributed by atoms with van der Waals surface area (Å²) in [6, 6.07) is 0. The van der Waals surface area contributed by atoms with Gasteiger partial charge in [-0.25, -0.2) is 8.78 Å². The van der Waals surface area contributed by atoms with Crippen molar-refractivity contribution in [2.75, 3.05) is 5.75 Å².